The van der Waals surface area contributed by atoms with Gasteiger partial charge in [-0.1, -0.05) is 13.3 Å². The van der Waals surface area contributed by atoms with Gasteiger partial charge in [0.2, 0.25) is 0 Å². The van der Waals surface area contributed by atoms with Gasteiger partial charge in [0.15, 0.2) is 0 Å². The van der Waals surface area contributed by atoms with E-state index in [4.69, 9.17) is 10.5 Å². The zero-order valence-corrected chi connectivity index (χ0v) is 9.82. The van der Waals surface area contributed by atoms with Crippen molar-refractivity contribution in [1.29, 1.82) is 0 Å². The Morgan fingerprint density at radius 2 is 2.29 bits per heavy atom. The van der Waals surface area contributed by atoms with E-state index in [9.17, 15) is 4.79 Å². The van der Waals surface area contributed by atoms with Crippen molar-refractivity contribution in [2.24, 2.45) is 0 Å². The van der Waals surface area contributed by atoms with Gasteiger partial charge in [0, 0.05) is 22.8 Å². The number of ether oxygens (including phenoxy) is 1. The maximum atomic E-state index is 11.8. The fourth-order valence-electron chi connectivity index (χ4n) is 1.70. The first kappa shape index (κ1) is 11.5. The summed E-state index contributed by atoms with van der Waals surface area (Å²) >= 11 is 0. The van der Waals surface area contributed by atoms with Crippen LogP contribution in [0.15, 0.2) is 24.4 Å². The lowest BCUT2D eigenvalue weighted by atomic mass is 10.1. The molecule has 0 radical (unpaired) electrons. The second kappa shape index (κ2) is 4.91. The standard InChI is InChI=1S/C13H16N2O2/c1-2-3-6-17-13(16)11-8-15-12-7-9(14)4-5-10(11)12/h4-5,7-8,15H,2-3,6,14H2,1H3. The van der Waals surface area contributed by atoms with Gasteiger partial charge < -0.3 is 15.5 Å². The fraction of sp³-hybridized carbons (Fsp3) is 0.308. The summed E-state index contributed by atoms with van der Waals surface area (Å²) in [6, 6.07) is 5.41. The zero-order chi connectivity index (χ0) is 12.3. The number of aromatic amines is 1. The molecule has 0 saturated heterocycles. The molecular formula is C13H16N2O2. The van der Waals surface area contributed by atoms with E-state index in [0.717, 1.165) is 23.7 Å². The molecule has 4 nitrogen and oxygen atoms in total. The topological polar surface area (TPSA) is 68.1 Å². The molecular weight excluding hydrogens is 216 g/mol. The number of anilines is 1. The number of rotatable bonds is 4. The van der Waals surface area contributed by atoms with Crippen LogP contribution in [0.25, 0.3) is 10.9 Å². The summed E-state index contributed by atoms with van der Waals surface area (Å²) in [6.45, 7) is 2.53. The first-order chi connectivity index (χ1) is 8.22. The lowest BCUT2D eigenvalue weighted by Crippen LogP contribution is -2.05. The van der Waals surface area contributed by atoms with E-state index in [1.54, 1.807) is 18.3 Å². The van der Waals surface area contributed by atoms with E-state index in [2.05, 4.69) is 11.9 Å². The van der Waals surface area contributed by atoms with Crippen molar-refractivity contribution >= 4 is 22.6 Å². The number of esters is 1. The van der Waals surface area contributed by atoms with E-state index >= 15 is 0 Å². The van der Waals surface area contributed by atoms with Gasteiger partial charge in [-0.05, 0) is 24.6 Å². The molecule has 4 heteroatoms. The molecule has 2 aromatic rings. The molecule has 0 atom stereocenters. The maximum absolute atomic E-state index is 11.8. The molecule has 3 N–H and O–H groups in total. The molecule has 0 spiro atoms. The molecule has 1 aromatic heterocycles. The quantitative estimate of drug-likeness (QED) is 0.484. The fourth-order valence-corrected chi connectivity index (χ4v) is 1.70. The molecule has 0 saturated carbocycles. The molecule has 1 heterocycles. The third-order valence-corrected chi connectivity index (χ3v) is 2.66. The van der Waals surface area contributed by atoms with Crippen molar-refractivity contribution in [3.63, 3.8) is 0 Å². The van der Waals surface area contributed by atoms with Crippen molar-refractivity contribution in [1.82, 2.24) is 4.98 Å². The summed E-state index contributed by atoms with van der Waals surface area (Å²) < 4.78 is 5.17. The van der Waals surface area contributed by atoms with Gasteiger partial charge in [-0.15, -0.1) is 0 Å². The van der Waals surface area contributed by atoms with Crippen LogP contribution in [0.2, 0.25) is 0 Å². The van der Waals surface area contributed by atoms with Crippen LogP contribution < -0.4 is 5.73 Å². The summed E-state index contributed by atoms with van der Waals surface area (Å²) in [7, 11) is 0. The Morgan fingerprint density at radius 3 is 3.06 bits per heavy atom. The van der Waals surface area contributed by atoms with Gasteiger partial charge >= 0.3 is 5.97 Å². The smallest absolute Gasteiger partial charge is 0.340 e. The average Bonchev–Trinajstić information content (AvgIpc) is 2.72. The lowest BCUT2D eigenvalue weighted by Gasteiger charge is -2.02. The first-order valence-corrected chi connectivity index (χ1v) is 5.76. The molecule has 0 bridgehead atoms. The number of carbonyl (C=O) groups excluding carboxylic acids is 1. The Bertz CT molecular complexity index is 531. The van der Waals surface area contributed by atoms with Crippen molar-refractivity contribution in [2.75, 3.05) is 12.3 Å². The lowest BCUT2D eigenvalue weighted by molar-refractivity contribution is 0.0502. The van der Waals surface area contributed by atoms with Crippen LogP contribution >= 0.6 is 0 Å². The highest BCUT2D eigenvalue weighted by molar-refractivity contribution is 6.04. The van der Waals surface area contributed by atoms with Crippen molar-refractivity contribution in [2.45, 2.75) is 19.8 Å². The number of nitrogen functional groups attached to an aromatic ring is 1. The molecule has 0 fully saturated rings. The minimum Gasteiger partial charge on any atom is -0.462 e. The number of hydrogen-bond donors (Lipinski definition) is 2. The van der Waals surface area contributed by atoms with Crippen LogP contribution in [0.5, 0.6) is 0 Å². The van der Waals surface area contributed by atoms with Crippen LogP contribution in [0.4, 0.5) is 5.69 Å². The summed E-state index contributed by atoms with van der Waals surface area (Å²) in [4.78, 5) is 14.8. The van der Waals surface area contributed by atoms with Crippen molar-refractivity contribution in [3.05, 3.63) is 30.0 Å². The van der Waals surface area contributed by atoms with Gasteiger partial charge in [-0.2, -0.15) is 0 Å². The molecule has 0 amide bonds. The number of carbonyl (C=O) groups is 1. The molecule has 0 unspecified atom stereocenters. The van der Waals surface area contributed by atoms with Crippen LogP contribution in [0.3, 0.4) is 0 Å². The number of nitrogens with two attached hydrogens (primary N) is 1. The van der Waals surface area contributed by atoms with E-state index in [1.807, 2.05) is 6.07 Å². The number of aromatic nitrogens is 1. The Hall–Kier alpha value is -1.97. The summed E-state index contributed by atoms with van der Waals surface area (Å²) in [6.07, 6.45) is 3.57. The normalized spacial score (nSPS) is 10.6. The van der Waals surface area contributed by atoms with E-state index < -0.39 is 0 Å². The number of unbranched alkanes of at least 4 members (excludes halogenated alkanes) is 1. The Balaban J connectivity index is 2.21. The monoisotopic (exact) mass is 232 g/mol. The number of fused-ring (bicyclic) bond motifs is 1. The summed E-state index contributed by atoms with van der Waals surface area (Å²) in [5, 5.41) is 0.848. The minimum absolute atomic E-state index is 0.283. The second-order valence-electron chi connectivity index (χ2n) is 4.00. The summed E-state index contributed by atoms with van der Waals surface area (Å²) in [5.41, 5.74) is 7.76. The molecule has 17 heavy (non-hydrogen) atoms. The maximum Gasteiger partial charge on any atom is 0.340 e. The highest BCUT2D eigenvalue weighted by Gasteiger charge is 2.12. The first-order valence-electron chi connectivity index (χ1n) is 5.76. The van der Waals surface area contributed by atoms with Gasteiger partial charge in [0.25, 0.3) is 0 Å². The zero-order valence-electron chi connectivity index (χ0n) is 9.82. The number of nitrogens with one attached hydrogen (secondary N) is 1. The van der Waals surface area contributed by atoms with Crippen molar-refractivity contribution in [3.8, 4) is 0 Å². The Morgan fingerprint density at radius 1 is 1.47 bits per heavy atom. The van der Waals surface area contributed by atoms with Crippen LogP contribution in [-0.4, -0.2) is 17.6 Å². The average molecular weight is 232 g/mol. The van der Waals surface area contributed by atoms with Gasteiger partial charge in [0.05, 0.1) is 12.2 Å². The van der Waals surface area contributed by atoms with Crippen LogP contribution in [0.1, 0.15) is 30.1 Å². The molecule has 0 aliphatic carbocycles. The Labute approximate surface area is 99.8 Å². The summed E-state index contributed by atoms with van der Waals surface area (Å²) in [5.74, 6) is -0.283. The van der Waals surface area contributed by atoms with Gasteiger partial charge in [0.1, 0.15) is 0 Å². The number of H-pyrrole nitrogens is 1. The SMILES string of the molecule is CCCCOC(=O)c1c[nH]c2cc(N)ccc12. The van der Waals surface area contributed by atoms with Crippen LogP contribution in [-0.2, 0) is 4.74 Å². The van der Waals surface area contributed by atoms with E-state index in [1.165, 1.54) is 0 Å². The van der Waals surface area contributed by atoms with Crippen LogP contribution in [0, 0.1) is 0 Å². The Kier molecular flexibility index (Phi) is 3.32. The highest BCUT2D eigenvalue weighted by Crippen LogP contribution is 2.21. The van der Waals surface area contributed by atoms with E-state index in [0.29, 0.717) is 17.9 Å². The minimum atomic E-state index is -0.283. The molecule has 1 aromatic carbocycles. The third kappa shape index (κ3) is 2.41. The predicted molar refractivity (Wildman–Crippen MR) is 67.9 cm³/mol. The van der Waals surface area contributed by atoms with Crippen molar-refractivity contribution < 1.29 is 9.53 Å². The highest BCUT2D eigenvalue weighted by atomic mass is 16.5. The second-order valence-corrected chi connectivity index (χ2v) is 4.00. The number of benzene rings is 1. The predicted octanol–water partition coefficient (Wildman–Crippen LogP) is 2.71. The largest absolute Gasteiger partial charge is 0.462 e. The van der Waals surface area contributed by atoms with Gasteiger partial charge in [-0.25, -0.2) is 4.79 Å². The van der Waals surface area contributed by atoms with Gasteiger partial charge in [-0.3, -0.25) is 0 Å². The molecule has 90 valence electrons. The number of hydrogen-bond acceptors (Lipinski definition) is 3. The molecule has 0 aliphatic rings. The van der Waals surface area contributed by atoms with E-state index in [-0.39, 0.29) is 5.97 Å². The third-order valence-electron chi connectivity index (χ3n) is 2.66. The molecule has 0 aliphatic heterocycles. The molecule has 2 rings (SSSR count).